The first-order chi connectivity index (χ1) is 9.01. The summed E-state index contributed by atoms with van der Waals surface area (Å²) < 4.78 is 11.9. The lowest BCUT2D eigenvalue weighted by Gasteiger charge is -1.98. The third-order valence-electron chi connectivity index (χ3n) is 2.23. The summed E-state index contributed by atoms with van der Waals surface area (Å²) in [6.07, 6.45) is 0. The van der Waals surface area contributed by atoms with E-state index in [1.807, 2.05) is 18.2 Å². The molecule has 0 aliphatic carbocycles. The molecule has 2 rings (SSSR count). The van der Waals surface area contributed by atoms with E-state index < -0.39 is 5.97 Å². The molecule has 0 aliphatic rings. The molecule has 0 unspecified atom stereocenters. The van der Waals surface area contributed by atoms with Crippen LogP contribution in [0.4, 0.5) is 5.88 Å². The summed E-state index contributed by atoms with van der Waals surface area (Å²) in [5, 5.41) is 0. The topological polar surface area (TPSA) is 78.3 Å². The van der Waals surface area contributed by atoms with Crippen LogP contribution in [0.2, 0.25) is 0 Å². The summed E-state index contributed by atoms with van der Waals surface area (Å²) in [6.45, 7) is 1.96. The van der Waals surface area contributed by atoms with Crippen LogP contribution in [0.15, 0.2) is 31.6 Å². The van der Waals surface area contributed by atoms with Crippen LogP contribution in [0.1, 0.15) is 17.4 Å². The van der Waals surface area contributed by atoms with Crippen molar-refractivity contribution in [3.63, 3.8) is 0 Å². The van der Waals surface area contributed by atoms with Gasteiger partial charge in [-0.15, -0.1) is 0 Å². The number of anilines is 1. The minimum Gasteiger partial charge on any atom is -0.461 e. The van der Waals surface area contributed by atoms with E-state index in [-0.39, 0.29) is 24.1 Å². The van der Waals surface area contributed by atoms with Gasteiger partial charge >= 0.3 is 5.97 Å². The van der Waals surface area contributed by atoms with Crippen LogP contribution in [0.25, 0.3) is 11.5 Å². The van der Waals surface area contributed by atoms with Crippen molar-refractivity contribution in [2.45, 2.75) is 6.92 Å². The van der Waals surface area contributed by atoms with Crippen LogP contribution in [-0.4, -0.2) is 17.6 Å². The third kappa shape index (κ3) is 3.16. The number of nitrogens with zero attached hydrogens (tertiary/aromatic N) is 1. The fraction of sp³-hybridized carbons (Fsp3) is 0.167. The van der Waals surface area contributed by atoms with E-state index in [2.05, 4.69) is 36.8 Å². The van der Waals surface area contributed by atoms with E-state index in [1.165, 1.54) is 0 Å². The fourth-order valence-corrected chi connectivity index (χ4v) is 2.77. The van der Waals surface area contributed by atoms with E-state index in [0.717, 1.165) is 8.95 Å². The third-order valence-corrected chi connectivity index (χ3v) is 3.15. The van der Waals surface area contributed by atoms with E-state index in [4.69, 9.17) is 14.9 Å². The lowest BCUT2D eigenvalue weighted by Crippen LogP contribution is -2.07. The molecule has 0 fully saturated rings. The van der Waals surface area contributed by atoms with Gasteiger partial charge in [0.25, 0.3) is 0 Å². The molecule has 0 radical (unpaired) electrons. The molecular formula is C12H10Br2N2O3. The number of nitrogens with two attached hydrogens (primary N) is 1. The molecule has 19 heavy (non-hydrogen) atoms. The summed E-state index contributed by atoms with van der Waals surface area (Å²) in [7, 11) is 0. The Kier molecular flexibility index (Phi) is 4.26. The molecule has 0 aliphatic heterocycles. The molecule has 0 saturated heterocycles. The Balaban J connectivity index is 2.41. The zero-order valence-corrected chi connectivity index (χ0v) is 13.1. The zero-order valence-electron chi connectivity index (χ0n) is 9.94. The SMILES string of the molecule is CCOC(=O)c1nc(-c2cc(Br)cc(Br)c2)oc1N. The van der Waals surface area contributed by atoms with Crippen LogP contribution < -0.4 is 5.73 Å². The molecule has 5 nitrogen and oxygen atoms in total. The highest BCUT2D eigenvalue weighted by molar-refractivity contribution is 9.11. The average molecular weight is 390 g/mol. The standard InChI is InChI=1S/C12H10Br2N2O3/c1-2-18-12(17)9-10(15)19-11(16-9)6-3-7(13)5-8(14)4-6/h3-5H,2,15H2,1H3. The number of carbonyl (C=O) groups excluding carboxylic acids is 1. The van der Waals surface area contributed by atoms with Gasteiger partial charge in [0.05, 0.1) is 6.61 Å². The molecule has 0 saturated carbocycles. The number of carbonyl (C=O) groups is 1. The van der Waals surface area contributed by atoms with Crippen LogP contribution in [-0.2, 0) is 4.74 Å². The number of ether oxygens (including phenoxy) is 1. The van der Waals surface area contributed by atoms with Crippen molar-refractivity contribution in [1.82, 2.24) is 4.98 Å². The van der Waals surface area contributed by atoms with E-state index >= 15 is 0 Å². The first-order valence-electron chi connectivity index (χ1n) is 5.41. The molecule has 1 aromatic heterocycles. The maximum absolute atomic E-state index is 11.6. The van der Waals surface area contributed by atoms with Crippen molar-refractivity contribution in [1.29, 1.82) is 0 Å². The lowest BCUT2D eigenvalue weighted by molar-refractivity contribution is 0.0521. The number of esters is 1. The van der Waals surface area contributed by atoms with Gasteiger partial charge in [0.15, 0.2) is 0 Å². The smallest absolute Gasteiger partial charge is 0.362 e. The molecule has 0 amide bonds. The molecule has 7 heteroatoms. The Morgan fingerprint density at radius 2 is 2.00 bits per heavy atom. The van der Waals surface area contributed by atoms with Crippen molar-refractivity contribution in [2.24, 2.45) is 0 Å². The number of aromatic nitrogens is 1. The molecule has 2 aromatic rings. The van der Waals surface area contributed by atoms with Gasteiger partial charge < -0.3 is 14.9 Å². The van der Waals surface area contributed by atoms with Gasteiger partial charge in [-0.2, -0.15) is 4.98 Å². The van der Waals surface area contributed by atoms with Gasteiger partial charge in [-0.1, -0.05) is 31.9 Å². The molecule has 0 atom stereocenters. The average Bonchev–Trinajstić information content (AvgIpc) is 2.70. The van der Waals surface area contributed by atoms with E-state index in [1.54, 1.807) is 6.92 Å². The van der Waals surface area contributed by atoms with Crippen molar-refractivity contribution in [2.75, 3.05) is 12.3 Å². The van der Waals surface area contributed by atoms with E-state index in [0.29, 0.717) is 5.56 Å². The quantitative estimate of drug-likeness (QED) is 0.811. The Labute approximate surface area is 126 Å². The first-order valence-corrected chi connectivity index (χ1v) is 6.99. The summed E-state index contributed by atoms with van der Waals surface area (Å²) in [5.41, 5.74) is 6.32. The minimum atomic E-state index is -0.593. The second-order valence-electron chi connectivity index (χ2n) is 3.61. The predicted octanol–water partition coefficient (Wildman–Crippen LogP) is 3.63. The summed E-state index contributed by atoms with van der Waals surface area (Å²) in [5.74, 6) is -0.379. The predicted molar refractivity (Wildman–Crippen MR) is 77.7 cm³/mol. The number of rotatable bonds is 3. The maximum atomic E-state index is 11.6. The number of oxazole rings is 1. The first kappa shape index (κ1) is 14.1. The Morgan fingerprint density at radius 1 is 1.37 bits per heavy atom. The maximum Gasteiger partial charge on any atom is 0.362 e. The van der Waals surface area contributed by atoms with Crippen molar-refractivity contribution in [3.8, 4) is 11.5 Å². The van der Waals surface area contributed by atoms with Gasteiger partial charge in [0, 0.05) is 14.5 Å². The monoisotopic (exact) mass is 388 g/mol. The molecule has 0 spiro atoms. The highest BCUT2D eigenvalue weighted by Gasteiger charge is 2.20. The summed E-state index contributed by atoms with van der Waals surface area (Å²) in [6, 6.07) is 5.50. The number of nitrogen functional groups attached to an aromatic ring is 1. The van der Waals surface area contributed by atoms with Crippen LogP contribution in [0, 0.1) is 0 Å². The molecule has 100 valence electrons. The molecular weight excluding hydrogens is 380 g/mol. The molecule has 2 N–H and O–H groups in total. The Hall–Kier alpha value is -1.34. The number of hydrogen-bond donors (Lipinski definition) is 1. The number of hydrogen-bond acceptors (Lipinski definition) is 5. The van der Waals surface area contributed by atoms with Gasteiger partial charge in [0.1, 0.15) is 0 Å². The van der Waals surface area contributed by atoms with Crippen molar-refractivity contribution < 1.29 is 13.9 Å². The molecule has 1 aromatic carbocycles. The number of halogens is 2. The number of benzene rings is 1. The van der Waals surface area contributed by atoms with Gasteiger partial charge in [-0.05, 0) is 25.1 Å². The Bertz CT molecular complexity index is 605. The summed E-state index contributed by atoms with van der Waals surface area (Å²) in [4.78, 5) is 15.7. The zero-order chi connectivity index (χ0) is 14.0. The molecule has 1 heterocycles. The lowest BCUT2D eigenvalue weighted by atomic mass is 10.2. The highest BCUT2D eigenvalue weighted by atomic mass is 79.9. The normalized spacial score (nSPS) is 10.5. The summed E-state index contributed by atoms with van der Waals surface area (Å²) >= 11 is 6.73. The van der Waals surface area contributed by atoms with Crippen molar-refractivity contribution >= 4 is 43.7 Å². The van der Waals surface area contributed by atoms with Crippen LogP contribution in [0.3, 0.4) is 0 Å². The second-order valence-corrected chi connectivity index (χ2v) is 5.44. The van der Waals surface area contributed by atoms with E-state index in [9.17, 15) is 4.79 Å². The highest BCUT2D eigenvalue weighted by Crippen LogP contribution is 2.29. The van der Waals surface area contributed by atoms with Gasteiger partial charge in [-0.3, -0.25) is 0 Å². The van der Waals surface area contributed by atoms with Crippen LogP contribution in [0.5, 0.6) is 0 Å². The minimum absolute atomic E-state index is 0.00653. The largest absolute Gasteiger partial charge is 0.461 e. The fourth-order valence-electron chi connectivity index (χ4n) is 1.48. The Morgan fingerprint density at radius 3 is 2.58 bits per heavy atom. The van der Waals surface area contributed by atoms with Crippen molar-refractivity contribution in [3.05, 3.63) is 32.8 Å². The molecule has 0 bridgehead atoms. The van der Waals surface area contributed by atoms with Crippen LogP contribution >= 0.6 is 31.9 Å². The second kappa shape index (κ2) is 5.75. The van der Waals surface area contributed by atoms with Gasteiger partial charge in [-0.25, -0.2) is 4.79 Å². The van der Waals surface area contributed by atoms with Gasteiger partial charge in [0.2, 0.25) is 17.5 Å².